The van der Waals surface area contributed by atoms with Gasteiger partial charge >= 0.3 is 0 Å². The van der Waals surface area contributed by atoms with Crippen molar-refractivity contribution in [3.05, 3.63) is 70.8 Å². The summed E-state index contributed by atoms with van der Waals surface area (Å²) in [5.74, 6) is 1.84. The quantitative estimate of drug-likeness (QED) is 0.202. The maximum atomic E-state index is 6.08. The van der Waals surface area contributed by atoms with Crippen LogP contribution in [0.5, 0.6) is 11.5 Å². The second kappa shape index (κ2) is 11.9. The van der Waals surface area contributed by atoms with Crippen LogP contribution in [-0.2, 0) is 11.3 Å². The average Bonchev–Trinajstić information content (AvgIpc) is 2.71. The van der Waals surface area contributed by atoms with Gasteiger partial charge in [0.25, 0.3) is 0 Å². The molecule has 4 heteroatoms. The molecule has 0 aromatic heterocycles. The minimum Gasteiger partial charge on any atom is -0.493 e. The molecule has 29 heavy (non-hydrogen) atoms. The fourth-order valence-corrected chi connectivity index (χ4v) is 3.21. The molecule has 156 valence electrons. The molecule has 4 nitrogen and oxygen atoms in total. The number of ether oxygens (including phenoxy) is 2. The number of nitrogens with zero attached hydrogens (tertiary/aromatic N) is 1. The van der Waals surface area contributed by atoms with Crippen molar-refractivity contribution in [1.29, 1.82) is 0 Å². The zero-order chi connectivity index (χ0) is 21.1. The van der Waals surface area contributed by atoms with E-state index in [0.29, 0.717) is 13.2 Å². The summed E-state index contributed by atoms with van der Waals surface area (Å²) in [6.07, 6.45) is 6.77. The van der Waals surface area contributed by atoms with E-state index in [4.69, 9.17) is 14.3 Å². The van der Waals surface area contributed by atoms with E-state index in [-0.39, 0.29) is 0 Å². The lowest BCUT2D eigenvalue weighted by atomic mass is 10.0. The van der Waals surface area contributed by atoms with E-state index in [1.807, 2.05) is 31.2 Å². The third kappa shape index (κ3) is 6.97. The first-order valence-electron chi connectivity index (χ1n) is 10.3. The van der Waals surface area contributed by atoms with Crippen LogP contribution in [0.4, 0.5) is 0 Å². The van der Waals surface area contributed by atoms with Gasteiger partial charge in [0, 0.05) is 0 Å². The number of hydrogen-bond donors (Lipinski definition) is 0. The van der Waals surface area contributed by atoms with Gasteiger partial charge in [-0.05, 0) is 74.4 Å². The molecular weight excluding hydrogens is 362 g/mol. The predicted octanol–water partition coefficient (Wildman–Crippen LogP) is 6.03. The van der Waals surface area contributed by atoms with Gasteiger partial charge in [-0.1, -0.05) is 48.5 Å². The molecule has 0 N–H and O–H groups in total. The summed E-state index contributed by atoms with van der Waals surface area (Å²) < 4.78 is 11.8. The van der Waals surface area contributed by atoms with Crippen LogP contribution in [0.15, 0.2) is 53.7 Å². The molecule has 0 aliphatic carbocycles. The summed E-state index contributed by atoms with van der Waals surface area (Å²) >= 11 is 0. The lowest BCUT2D eigenvalue weighted by Crippen LogP contribution is -2.04. The molecule has 0 saturated heterocycles. The van der Waals surface area contributed by atoms with E-state index in [0.717, 1.165) is 53.2 Å². The van der Waals surface area contributed by atoms with E-state index in [9.17, 15) is 0 Å². The third-order valence-corrected chi connectivity index (χ3v) is 4.70. The monoisotopic (exact) mass is 395 g/mol. The fourth-order valence-electron chi connectivity index (χ4n) is 3.21. The molecular formula is C25H33NO3. The van der Waals surface area contributed by atoms with Gasteiger partial charge in [-0.2, -0.15) is 0 Å². The van der Waals surface area contributed by atoms with Crippen LogP contribution in [-0.4, -0.2) is 26.0 Å². The average molecular weight is 396 g/mol. The molecule has 0 fully saturated rings. The number of benzene rings is 2. The molecule has 0 heterocycles. The number of rotatable bonds is 11. The van der Waals surface area contributed by atoms with Crippen LogP contribution < -0.4 is 9.47 Å². The molecule has 0 aliphatic rings. The maximum Gasteiger partial charge on any atom is 0.125 e. The number of oxime groups is 1. The second-order valence-corrected chi connectivity index (χ2v) is 6.99. The van der Waals surface area contributed by atoms with E-state index < -0.39 is 0 Å². The van der Waals surface area contributed by atoms with Gasteiger partial charge in [-0.25, -0.2) is 0 Å². The van der Waals surface area contributed by atoms with Crippen molar-refractivity contribution in [3.8, 4) is 11.5 Å². The lowest BCUT2D eigenvalue weighted by Gasteiger charge is -2.14. The maximum absolute atomic E-state index is 6.08. The Hall–Kier alpha value is -2.75. The summed E-state index contributed by atoms with van der Waals surface area (Å²) in [5, 5.41) is 4.08. The van der Waals surface area contributed by atoms with Gasteiger partial charge in [-0.3, -0.25) is 0 Å². The first-order chi connectivity index (χ1) is 14.1. The Labute approximate surface area is 175 Å². The highest BCUT2D eigenvalue weighted by atomic mass is 16.6. The molecule has 0 aliphatic heterocycles. The van der Waals surface area contributed by atoms with Crippen molar-refractivity contribution in [2.75, 3.05) is 20.3 Å². The summed E-state index contributed by atoms with van der Waals surface area (Å²) in [7, 11) is 1.58. The largest absolute Gasteiger partial charge is 0.493 e. The van der Waals surface area contributed by atoms with Gasteiger partial charge in [0.05, 0.1) is 12.3 Å². The SMILES string of the molecule is C/C=C/COc1cc(C)c(OCCCc2ccc(/C(CC)=N/OC)cc2)c(C)c1. The molecule has 2 aromatic carbocycles. The zero-order valence-corrected chi connectivity index (χ0v) is 18.3. The highest BCUT2D eigenvalue weighted by Gasteiger charge is 2.08. The Balaban J connectivity index is 1.86. The lowest BCUT2D eigenvalue weighted by molar-refractivity contribution is 0.213. The number of aryl methyl sites for hydroxylation is 3. The summed E-state index contributed by atoms with van der Waals surface area (Å²) in [4.78, 5) is 4.91. The Bertz CT molecular complexity index is 799. The van der Waals surface area contributed by atoms with Gasteiger partial charge in [-0.15, -0.1) is 0 Å². The van der Waals surface area contributed by atoms with E-state index in [1.165, 1.54) is 5.56 Å². The van der Waals surface area contributed by atoms with Crippen molar-refractivity contribution in [1.82, 2.24) is 0 Å². The van der Waals surface area contributed by atoms with Crippen LogP contribution in [0.1, 0.15) is 48.9 Å². The zero-order valence-electron chi connectivity index (χ0n) is 18.3. The molecule has 0 spiro atoms. The van der Waals surface area contributed by atoms with Gasteiger partial charge in [0.2, 0.25) is 0 Å². The first-order valence-corrected chi connectivity index (χ1v) is 10.3. The fraction of sp³-hybridized carbons (Fsp3) is 0.400. The Morgan fingerprint density at radius 3 is 2.31 bits per heavy atom. The first kappa shape index (κ1) is 22.5. The highest BCUT2D eigenvalue weighted by molar-refractivity contribution is 6.00. The number of allylic oxidation sites excluding steroid dienone is 1. The molecule has 0 radical (unpaired) electrons. The predicted molar refractivity (Wildman–Crippen MR) is 120 cm³/mol. The topological polar surface area (TPSA) is 40.0 Å². The number of hydrogen-bond acceptors (Lipinski definition) is 4. The summed E-state index contributed by atoms with van der Waals surface area (Å²) in [6, 6.07) is 12.6. The molecule has 0 atom stereocenters. The Morgan fingerprint density at radius 2 is 1.72 bits per heavy atom. The highest BCUT2D eigenvalue weighted by Crippen LogP contribution is 2.28. The van der Waals surface area contributed by atoms with E-state index >= 15 is 0 Å². The second-order valence-electron chi connectivity index (χ2n) is 6.99. The minimum atomic E-state index is 0.589. The molecule has 2 rings (SSSR count). The van der Waals surface area contributed by atoms with Crippen molar-refractivity contribution >= 4 is 5.71 Å². The normalized spacial score (nSPS) is 11.7. The van der Waals surface area contributed by atoms with Crippen molar-refractivity contribution in [2.24, 2.45) is 5.16 Å². The van der Waals surface area contributed by atoms with E-state index in [2.05, 4.69) is 50.2 Å². The van der Waals surface area contributed by atoms with Crippen LogP contribution in [0, 0.1) is 13.8 Å². The molecule has 0 amide bonds. The van der Waals surface area contributed by atoms with E-state index in [1.54, 1.807) is 7.11 Å². The third-order valence-electron chi connectivity index (χ3n) is 4.70. The Morgan fingerprint density at radius 1 is 1.03 bits per heavy atom. The van der Waals surface area contributed by atoms with Crippen molar-refractivity contribution in [2.45, 2.75) is 47.0 Å². The van der Waals surface area contributed by atoms with Crippen LogP contribution in [0.3, 0.4) is 0 Å². The van der Waals surface area contributed by atoms with Gasteiger partial charge in [0.1, 0.15) is 25.2 Å². The molecule has 2 aromatic rings. The molecule has 0 bridgehead atoms. The summed E-state index contributed by atoms with van der Waals surface area (Å²) in [6.45, 7) is 9.48. The summed E-state index contributed by atoms with van der Waals surface area (Å²) in [5.41, 5.74) is 5.58. The molecule has 0 saturated carbocycles. The Kier molecular flexibility index (Phi) is 9.29. The van der Waals surface area contributed by atoms with Crippen molar-refractivity contribution in [3.63, 3.8) is 0 Å². The standard InChI is InChI=1S/C25H33NO3/c1-6-8-15-28-23-17-19(3)25(20(4)18-23)29-16-9-10-21-11-13-22(14-12-21)24(7-2)26-27-5/h6,8,11-14,17-18H,7,9-10,15-16H2,1-5H3/b8-6+,26-24+. The van der Waals surface area contributed by atoms with Crippen LogP contribution >= 0.6 is 0 Å². The van der Waals surface area contributed by atoms with Gasteiger partial charge < -0.3 is 14.3 Å². The van der Waals surface area contributed by atoms with Crippen LogP contribution in [0.25, 0.3) is 0 Å². The minimum absolute atomic E-state index is 0.589. The van der Waals surface area contributed by atoms with Gasteiger partial charge in [0.15, 0.2) is 0 Å². The van der Waals surface area contributed by atoms with Crippen molar-refractivity contribution < 1.29 is 14.3 Å². The smallest absolute Gasteiger partial charge is 0.125 e. The van der Waals surface area contributed by atoms with Crippen LogP contribution in [0.2, 0.25) is 0 Å². The molecule has 0 unspecified atom stereocenters.